The summed E-state index contributed by atoms with van der Waals surface area (Å²) in [6.07, 6.45) is 47.5. The van der Waals surface area contributed by atoms with Crippen LogP contribution in [0, 0.1) is 0 Å². The zero-order valence-electron chi connectivity index (χ0n) is 36.7. The number of rotatable bonds is 42. The molecule has 0 amide bonds. The molecule has 11 heteroatoms. The standard InChI is InChI=1S/C47H84NO9P/c1-3-5-7-9-11-12-13-14-15-16-17-18-19-20-21-22-25-29-33-37-46(49)53-41-43(42-55-58(51,52)54-40-39-48)56-47(50)38-34-30-26-23-24-28-32-36-45-44(57-45)35-31-27-10-8-6-4-2/h14-15,23,26-28,31-32,43-45H,3-13,16-22,24-25,29-30,33-42,48H2,1-2H3,(H,51,52)/b15-14-,26-23-,31-27-,32-28-/t43-,44?,45?/m1/s1. The quantitative estimate of drug-likeness (QED) is 0.0200. The lowest BCUT2D eigenvalue weighted by atomic mass is 10.1. The van der Waals surface area contributed by atoms with Gasteiger partial charge in [0.25, 0.3) is 0 Å². The van der Waals surface area contributed by atoms with Crippen LogP contribution in [0.15, 0.2) is 48.6 Å². The van der Waals surface area contributed by atoms with Gasteiger partial charge in [-0.15, -0.1) is 0 Å². The van der Waals surface area contributed by atoms with Gasteiger partial charge in [0.15, 0.2) is 6.10 Å². The Balaban J connectivity index is 2.19. The number of nitrogens with two attached hydrogens (primary N) is 1. The maximum atomic E-state index is 12.6. The van der Waals surface area contributed by atoms with Gasteiger partial charge >= 0.3 is 19.8 Å². The zero-order chi connectivity index (χ0) is 42.2. The Kier molecular flexibility index (Phi) is 36.4. The van der Waals surface area contributed by atoms with Gasteiger partial charge in [0.1, 0.15) is 6.61 Å². The minimum absolute atomic E-state index is 0.0410. The van der Waals surface area contributed by atoms with Gasteiger partial charge in [0, 0.05) is 19.4 Å². The normalized spacial score (nSPS) is 17.2. The molecule has 1 saturated heterocycles. The molecule has 1 heterocycles. The highest BCUT2D eigenvalue weighted by molar-refractivity contribution is 7.47. The number of ether oxygens (including phenoxy) is 3. The molecule has 10 nitrogen and oxygen atoms in total. The van der Waals surface area contributed by atoms with Crippen molar-refractivity contribution in [2.75, 3.05) is 26.4 Å². The van der Waals surface area contributed by atoms with Crippen LogP contribution in [0.2, 0.25) is 0 Å². The lowest BCUT2D eigenvalue weighted by Crippen LogP contribution is -2.29. The number of epoxide rings is 1. The number of esters is 2. The highest BCUT2D eigenvalue weighted by Crippen LogP contribution is 2.43. The molecule has 1 rings (SSSR count). The Morgan fingerprint density at radius 3 is 1.69 bits per heavy atom. The van der Waals surface area contributed by atoms with Gasteiger partial charge in [-0.2, -0.15) is 0 Å². The molecule has 336 valence electrons. The van der Waals surface area contributed by atoms with Crippen molar-refractivity contribution in [2.24, 2.45) is 5.73 Å². The summed E-state index contributed by atoms with van der Waals surface area (Å²) in [7, 11) is -4.40. The van der Waals surface area contributed by atoms with E-state index in [-0.39, 0.29) is 32.6 Å². The monoisotopic (exact) mass is 838 g/mol. The summed E-state index contributed by atoms with van der Waals surface area (Å²) in [6.45, 7) is 3.63. The summed E-state index contributed by atoms with van der Waals surface area (Å²) < 4.78 is 38.5. The van der Waals surface area contributed by atoms with Crippen LogP contribution in [-0.4, -0.2) is 61.5 Å². The molecule has 1 aliphatic heterocycles. The molecule has 0 aromatic carbocycles. The van der Waals surface area contributed by atoms with E-state index in [1.54, 1.807) is 0 Å². The first-order valence-corrected chi connectivity index (χ1v) is 24.7. The Morgan fingerprint density at radius 1 is 0.603 bits per heavy atom. The van der Waals surface area contributed by atoms with Crippen LogP contribution >= 0.6 is 7.82 Å². The Hall–Kier alpha value is -2.07. The Morgan fingerprint density at radius 2 is 1.07 bits per heavy atom. The summed E-state index contributed by atoms with van der Waals surface area (Å²) in [6, 6.07) is 0. The van der Waals surface area contributed by atoms with Gasteiger partial charge in [-0.1, -0.05) is 152 Å². The third-order valence-corrected chi connectivity index (χ3v) is 11.1. The van der Waals surface area contributed by atoms with E-state index in [0.29, 0.717) is 25.0 Å². The molecule has 0 radical (unpaired) electrons. The van der Waals surface area contributed by atoms with E-state index in [9.17, 15) is 19.0 Å². The number of phosphoric ester groups is 1. The molecule has 4 atom stereocenters. The SMILES string of the molecule is CCCCC/C=C\CC1OC1C/C=C\C/C=C\CCCC(=O)O[C@H](COC(=O)CCCCCCCCCCC/C=C\CCCCCCCC)COP(=O)(O)OCCN. The largest absolute Gasteiger partial charge is 0.472 e. The molecular weight excluding hydrogens is 753 g/mol. The van der Waals surface area contributed by atoms with E-state index in [2.05, 4.69) is 56.4 Å². The lowest BCUT2D eigenvalue weighted by Gasteiger charge is -2.19. The van der Waals surface area contributed by atoms with E-state index in [1.807, 2.05) is 6.08 Å². The highest BCUT2D eigenvalue weighted by atomic mass is 31.2. The number of hydrogen-bond donors (Lipinski definition) is 2. The van der Waals surface area contributed by atoms with E-state index >= 15 is 0 Å². The number of carbonyl (C=O) groups is 2. The zero-order valence-corrected chi connectivity index (χ0v) is 37.6. The van der Waals surface area contributed by atoms with Crippen LogP contribution in [0.3, 0.4) is 0 Å². The van der Waals surface area contributed by atoms with Crippen molar-refractivity contribution < 1.29 is 42.3 Å². The summed E-state index contributed by atoms with van der Waals surface area (Å²) in [4.78, 5) is 34.9. The van der Waals surface area contributed by atoms with Crippen LogP contribution < -0.4 is 5.73 Å². The second-order valence-electron chi connectivity index (χ2n) is 15.7. The van der Waals surface area contributed by atoms with Gasteiger partial charge in [0.05, 0.1) is 25.4 Å². The first-order chi connectivity index (χ1) is 28.3. The third kappa shape index (κ3) is 35.8. The molecule has 1 fully saturated rings. The number of hydrogen-bond acceptors (Lipinski definition) is 9. The van der Waals surface area contributed by atoms with Crippen molar-refractivity contribution in [2.45, 2.75) is 212 Å². The van der Waals surface area contributed by atoms with E-state index < -0.39 is 32.5 Å². The van der Waals surface area contributed by atoms with Crippen molar-refractivity contribution >= 4 is 19.8 Å². The minimum Gasteiger partial charge on any atom is -0.462 e. The molecule has 3 unspecified atom stereocenters. The lowest BCUT2D eigenvalue weighted by molar-refractivity contribution is -0.161. The van der Waals surface area contributed by atoms with Crippen LogP contribution in [0.4, 0.5) is 0 Å². The maximum Gasteiger partial charge on any atom is 0.472 e. The molecule has 0 aliphatic carbocycles. The van der Waals surface area contributed by atoms with Crippen molar-refractivity contribution in [1.29, 1.82) is 0 Å². The first-order valence-electron chi connectivity index (χ1n) is 23.2. The smallest absolute Gasteiger partial charge is 0.462 e. The fraction of sp³-hybridized carbons (Fsp3) is 0.787. The van der Waals surface area contributed by atoms with Crippen molar-refractivity contribution in [3.05, 3.63) is 48.6 Å². The molecule has 0 aromatic heterocycles. The minimum atomic E-state index is -4.40. The fourth-order valence-electron chi connectivity index (χ4n) is 6.49. The van der Waals surface area contributed by atoms with Crippen molar-refractivity contribution in [3.8, 4) is 0 Å². The van der Waals surface area contributed by atoms with Crippen molar-refractivity contribution in [3.63, 3.8) is 0 Å². The molecule has 0 spiro atoms. The van der Waals surface area contributed by atoms with Gasteiger partial charge in [-0.05, 0) is 77.0 Å². The van der Waals surface area contributed by atoms with Crippen LogP contribution in [0.25, 0.3) is 0 Å². The summed E-state index contributed by atoms with van der Waals surface area (Å²) in [5, 5.41) is 0. The van der Waals surface area contributed by atoms with Gasteiger partial charge in [-0.25, -0.2) is 4.57 Å². The molecule has 58 heavy (non-hydrogen) atoms. The van der Waals surface area contributed by atoms with Crippen LogP contribution in [-0.2, 0) is 37.4 Å². The Labute approximate surface area is 353 Å². The van der Waals surface area contributed by atoms with Crippen LogP contribution in [0.5, 0.6) is 0 Å². The molecule has 0 saturated carbocycles. The predicted molar refractivity (Wildman–Crippen MR) is 237 cm³/mol. The molecule has 0 aromatic rings. The fourth-order valence-corrected chi connectivity index (χ4v) is 7.25. The number of unbranched alkanes of at least 4 members (excludes halogenated alkanes) is 19. The number of carbonyl (C=O) groups excluding carboxylic acids is 2. The maximum absolute atomic E-state index is 12.6. The Bertz CT molecular complexity index is 1160. The number of allylic oxidation sites excluding steroid dienone is 6. The molecule has 3 N–H and O–H groups in total. The predicted octanol–water partition coefficient (Wildman–Crippen LogP) is 12.5. The summed E-state index contributed by atoms with van der Waals surface area (Å²) in [5.41, 5.74) is 5.35. The average molecular weight is 838 g/mol. The second kappa shape index (κ2) is 39.1. The third-order valence-electron chi connectivity index (χ3n) is 10.1. The second-order valence-corrected chi connectivity index (χ2v) is 17.1. The highest BCUT2D eigenvalue weighted by Gasteiger charge is 2.36. The van der Waals surface area contributed by atoms with Gasteiger partial charge in [0.2, 0.25) is 0 Å². The molecular formula is C47H84NO9P. The summed E-state index contributed by atoms with van der Waals surface area (Å²) >= 11 is 0. The van der Waals surface area contributed by atoms with Crippen molar-refractivity contribution in [1.82, 2.24) is 0 Å². The average Bonchev–Trinajstić information content (AvgIpc) is 3.97. The topological polar surface area (TPSA) is 147 Å². The van der Waals surface area contributed by atoms with E-state index in [4.69, 9.17) is 29.0 Å². The molecule has 0 bridgehead atoms. The van der Waals surface area contributed by atoms with Gasteiger partial charge in [-0.3, -0.25) is 18.6 Å². The summed E-state index contributed by atoms with van der Waals surface area (Å²) in [5.74, 6) is -0.901. The molecule has 1 aliphatic rings. The van der Waals surface area contributed by atoms with Crippen LogP contribution in [0.1, 0.15) is 194 Å². The number of phosphoric acid groups is 1. The van der Waals surface area contributed by atoms with E-state index in [0.717, 1.165) is 51.4 Å². The first kappa shape index (κ1) is 53.9. The van der Waals surface area contributed by atoms with Gasteiger partial charge < -0.3 is 24.8 Å². The van der Waals surface area contributed by atoms with E-state index in [1.165, 1.54) is 103 Å².